The van der Waals surface area contributed by atoms with E-state index in [4.69, 9.17) is 27.9 Å². The molecule has 1 aliphatic rings. The predicted octanol–water partition coefficient (Wildman–Crippen LogP) is 5.05. The lowest BCUT2D eigenvalue weighted by Gasteiger charge is -2.29. The molecule has 1 unspecified atom stereocenters. The molecule has 0 spiro atoms. The fourth-order valence-corrected chi connectivity index (χ4v) is 3.22. The Morgan fingerprint density at radius 1 is 1.21 bits per heavy atom. The first kappa shape index (κ1) is 15.7. The number of rotatable bonds is 4. The molecule has 1 saturated carbocycles. The molecular formula is C13H17Cl2IN2O. The molecule has 19 heavy (non-hydrogen) atoms. The minimum Gasteiger partial charge on any atom is -0.370 e. The molecule has 1 aliphatic carbocycles. The summed E-state index contributed by atoms with van der Waals surface area (Å²) in [6, 6.07) is 0. The van der Waals surface area contributed by atoms with Crippen LogP contribution < -0.4 is 0 Å². The van der Waals surface area contributed by atoms with Crippen LogP contribution in [0.4, 0.5) is 0 Å². The normalized spacial score (nSPS) is 18.5. The van der Waals surface area contributed by atoms with Crippen LogP contribution in [-0.4, -0.2) is 16.6 Å². The summed E-state index contributed by atoms with van der Waals surface area (Å²) in [7, 11) is 0. The second-order valence-electron chi connectivity index (χ2n) is 4.75. The van der Waals surface area contributed by atoms with Crippen LogP contribution in [0.5, 0.6) is 0 Å². The minimum absolute atomic E-state index is 0.0858. The van der Waals surface area contributed by atoms with Crippen molar-refractivity contribution in [3.05, 3.63) is 19.7 Å². The number of halogens is 3. The Kier molecular flexibility index (Phi) is 6.11. The Bertz CT molecular complexity index is 416. The topological polar surface area (TPSA) is 35.0 Å². The standard InChI is InChI=1S/C13H17Cl2IN2O/c1-2-19-10(8-6-4-3-5-7-8)13-17-11(14)9(16)12(15)18-13/h8,10H,2-7H2,1H3. The number of aromatic nitrogens is 2. The maximum atomic E-state index is 6.10. The molecule has 0 bridgehead atoms. The molecule has 0 N–H and O–H groups in total. The van der Waals surface area contributed by atoms with Crippen molar-refractivity contribution in [1.29, 1.82) is 0 Å². The number of hydrogen-bond acceptors (Lipinski definition) is 3. The van der Waals surface area contributed by atoms with Gasteiger partial charge in [0.2, 0.25) is 0 Å². The molecule has 2 rings (SSSR count). The Balaban J connectivity index is 2.27. The number of ether oxygens (including phenoxy) is 1. The molecule has 1 atom stereocenters. The van der Waals surface area contributed by atoms with Crippen LogP contribution in [0.2, 0.25) is 10.3 Å². The summed E-state index contributed by atoms with van der Waals surface area (Å²) in [5.41, 5.74) is 0. The fourth-order valence-electron chi connectivity index (χ4n) is 2.57. The van der Waals surface area contributed by atoms with E-state index in [0.29, 0.717) is 32.2 Å². The van der Waals surface area contributed by atoms with Gasteiger partial charge >= 0.3 is 0 Å². The van der Waals surface area contributed by atoms with E-state index in [1.807, 2.05) is 6.92 Å². The predicted molar refractivity (Wildman–Crippen MR) is 85.7 cm³/mol. The molecule has 106 valence electrons. The zero-order chi connectivity index (χ0) is 13.8. The highest BCUT2D eigenvalue weighted by Gasteiger charge is 2.28. The summed E-state index contributed by atoms with van der Waals surface area (Å²) < 4.78 is 6.57. The lowest BCUT2D eigenvalue weighted by atomic mass is 9.85. The summed E-state index contributed by atoms with van der Waals surface area (Å²) >= 11 is 14.3. The van der Waals surface area contributed by atoms with Crippen LogP contribution in [0.3, 0.4) is 0 Å². The highest BCUT2D eigenvalue weighted by molar-refractivity contribution is 14.1. The maximum absolute atomic E-state index is 6.10. The molecule has 0 aliphatic heterocycles. The van der Waals surface area contributed by atoms with Gasteiger partial charge in [-0.3, -0.25) is 0 Å². The van der Waals surface area contributed by atoms with Gasteiger partial charge in [-0.1, -0.05) is 42.5 Å². The first-order valence-corrected chi connectivity index (χ1v) is 8.47. The van der Waals surface area contributed by atoms with Crippen LogP contribution >= 0.6 is 45.8 Å². The van der Waals surface area contributed by atoms with Gasteiger partial charge in [0, 0.05) is 6.61 Å². The van der Waals surface area contributed by atoms with Gasteiger partial charge in [-0.2, -0.15) is 0 Å². The molecule has 1 heterocycles. The van der Waals surface area contributed by atoms with Crippen LogP contribution in [0.1, 0.15) is 51.0 Å². The SMILES string of the molecule is CCOC(c1nc(Cl)c(I)c(Cl)n1)C1CCCCC1. The molecule has 0 amide bonds. The van der Waals surface area contributed by atoms with Gasteiger partial charge in [0.15, 0.2) is 5.82 Å². The van der Waals surface area contributed by atoms with Crippen molar-refractivity contribution in [2.24, 2.45) is 5.92 Å². The maximum Gasteiger partial charge on any atom is 0.160 e. The molecule has 6 heteroatoms. The van der Waals surface area contributed by atoms with Crippen molar-refractivity contribution < 1.29 is 4.74 Å². The van der Waals surface area contributed by atoms with E-state index in [2.05, 4.69) is 32.6 Å². The quantitative estimate of drug-likeness (QED) is 0.511. The van der Waals surface area contributed by atoms with Crippen molar-refractivity contribution in [3.8, 4) is 0 Å². The van der Waals surface area contributed by atoms with Crippen LogP contribution in [0, 0.1) is 9.49 Å². The molecule has 1 aromatic rings. The van der Waals surface area contributed by atoms with Gasteiger partial charge in [-0.05, 0) is 48.3 Å². The summed E-state index contributed by atoms with van der Waals surface area (Å²) in [6.45, 7) is 2.64. The summed E-state index contributed by atoms with van der Waals surface area (Å²) in [4.78, 5) is 8.73. The highest BCUT2D eigenvalue weighted by atomic mass is 127. The average molecular weight is 415 g/mol. The summed E-state index contributed by atoms with van der Waals surface area (Å²) in [6.07, 6.45) is 6.05. The molecule has 0 radical (unpaired) electrons. The van der Waals surface area contributed by atoms with Crippen molar-refractivity contribution in [3.63, 3.8) is 0 Å². The lowest BCUT2D eigenvalue weighted by Crippen LogP contribution is -2.21. The van der Waals surface area contributed by atoms with Gasteiger partial charge in [0.1, 0.15) is 16.4 Å². The molecule has 3 nitrogen and oxygen atoms in total. The fraction of sp³-hybridized carbons (Fsp3) is 0.692. The van der Waals surface area contributed by atoms with E-state index in [1.54, 1.807) is 0 Å². The van der Waals surface area contributed by atoms with Crippen LogP contribution in [0.25, 0.3) is 0 Å². The summed E-state index contributed by atoms with van der Waals surface area (Å²) in [5.74, 6) is 1.10. The van der Waals surface area contributed by atoms with Crippen molar-refractivity contribution >= 4 is 45.8 Å². The number of hydrogen-bond donors (Lipinski definition) is 0. The zero-order valence-corrected chi connectivity index (χ0v) is 14.5. The Hall–Kier alpha value is 0.350. The largest absolute Gasteiger partial charge is 0.370 e. The highest BCUT2D eigenvalue weighted by Crippen LogP contribution is 2.37. The minimum atomic E-state index is -0.0858. The Morgan fingerprint density at radius 3 is 2.32 bits per heavy atom. The van der Waals surface area contributed by atoms with E-state index >= 15 is 0 Å². The second-order valence-corrected chi connectivity index (χ2v) is 6.55. The van der Waals surface area contributed by atoms with Gasteiger partial charge in [0.25, 0.3) is 0 Å². The zero-order valence-electron chi connectivity index (χ0n) is 10.8. The van der Waals surface area contributed by atoms with E-state index in [9.17, 15) is 0 Å². The van der Waals surface area contributed by atoms with E-state index < -0.39 is 0 Å². The van der Waals surface area contributed by atoms with Gasteiger partial charge in [-0.15, -0.1) is 0 Å². The van der Waals surface area contributed by atoms with Crippen LogP contribution in [-0.2, 0) is 4.74 Å². The smallest absolute Gasteiger partial charge is 0.160 e. The molecule has 1 aromatic heterocycles. The number of nitrogens with zero attached hydrogens (tertiary/aromatic N) is 2. The van der Waals surface area contributed by atoms with Gasteiger partial charge in [0.05, 0.1) is 3.57 Å². The van der Waals surface area contributed by atoms with Gasteiger partial charge < -0.3 is 4.74 Å². The first-order chi connectivity index (χ1) is 9.13. The summed E-state index contributed by atoms with van der Waals surface area (Å²) in [5, 5.41) is 0.826. The third-order valence-corrected chi connectivity index (χ3v) is 5.67. The lowest BCUT2D eigenvalue weighted by molar-refractivity contribution is -0.000200. The van der Waals surface area contributed by atoms with E-state index in [-0.39, 0.29) is 6.10 Å². The molecular weight excluding hydrogens is 398 g/mol. The second kappa shape index (κ2) is 7.38. The van der Waals surface area contributed by atoms with Gasteiger partial charge in [-0.25, -0.2) is 9.97 Å². The molecule has 0 saturated heterocycles. The molecule has 0 aromatic carbocycles. The van der Waals surface area contributed by atoms with Crippen LogP contribution in [0.15, 0.2) is 0 Å². The van der Waals surface area contributed by atoms with E-state index in [1.165, 1.54) is 19.3 Å². The van der Waals surface area contributed by atoms with Crippen molar-refractivity contribution in [1.82, 2.24) is 9.97 Å². The average Bonchev–Trinajstić information content (AvgIpc) is 2.42. The third-order valence-electron chi connectivity index (χ3n) is 3.47. The Morgan fingerprint density at radius 2 is 1.79 bits per heavy atom. The monoisotopic (exact) mass is 414 g/mol. The first-order valence-electron chi connectivity index (χ1n) is 6.63. The molecule has 1 fully saturated rings. The third kappa shape index (κ3) is 3.93. The van der Waals surface area contributed by atoms with E-state index in [0.717, 1.165) is 12.8 Å². The van der Waals surface area contributed by atoms with Crippen molar-refractivity contribution in [2.45, 2.75) is 45.1 Å². The van der Waals surface area contributed by atoms with Crippen molar-refractivity contribution in [2.75, 3.05) is 6.61 Å². The Labute approximate surface area is 137 Å².